The van der Waals surface area contributed by atoms with Gasteiger partial charge in [0, 0.05) is 16.1 Å². The van der Waals surface area contributed by atoms with Crippen LogP contribution in [0.2, 0.25) is 0 Å². The Hall–Kier alpha value is -0.450. The van der Waals surface area contributed by atoms with Gasteiger partial charge in [-0.05, 0) is 39.0 Å². The molecule has 0 aromatic heterocycles. The zero-order valence-corrected chi connectivity index (χ0v) is 11.3. The Bertz CT molecular complexity index is 370. The van der Waals surface area contributed by atoms with Crippen LogP contribution in [0.5, 0.6) is 0 Å². The predicted octanol–water partition coefficient (Wildman–Crippen LogP) is 2.79. The van der Waals surface area contributed by atoms with Crippen LogP contribution in [-0.4, -0.2) is 17.8 Å². The van der Waals surface area contributed by atoms with Crippen molar-refractivity contribution >= 4 is 15.9 Å². The van der Waals surface area contributed by atoms with E-state index in [1.807, 2.05) is 13.8 Å². The van der Waals surface area contributed by atoms with E-state index >= 15 is 0 Å². The number of rotatable bonds is 4. The van der Waals surface area contributed by atoms with Crippen molar-refractivity contribution in [3.8, 4) is 0 Å². The number of aliphatic hydroxyl groups is 1. The quantitative estimate of drug-likeness (QED) is 0.893. The van der Waals surface area contributed by atoms with Crippen molar-refractivity contribution in [2.45, 2.75) is 32.4 Å². The second-order valence-corrected chi connectivity index (χ2v) is 5.33. The highest BCUT2D eigenvalue weighted by Gasteiger charge is 2.29. The molecule has 0 bridgehead atoms. The molecule has 16 heavy (non-hydrogen) atoms. The highest BCUT2D eigenvalue weighted by atomic mass is 79.9. The van der Waals surface area contributed by atoms with E-state index in [0.29, 0.717) is 5.56 Å². The van der Waals surface area contributed by atoms with Crippen LogP contribution in [0.4, 0.5) is 4.39 Å². The van der Waals surface area contributed by atoms with E-state index in [2.05, 4.69) is 21.2 Å². The van der Waals surface area contributed by atoms with Gasteiger partial charge in [0.1, 0.15) is 5.82 Å². The molecular weight excluding hydrogens is 273 g/mol. The smallest absolute Gasteiger partial charge is 0.128 e. The fourth-order valence-corrected chi connectivity index (χ4v) is 2.13. The summed E-state index contributed by atoms with van der Waals surface area (Å²) in [5.41, 5.74) is -0.291. The fourth-order valence-electron chi connectivity index (χ4n) is 1.77. The third-order valence-electron chi connectivity index (χ3n) is 2.45. The molecule has 2 nitrogen and oxygen atoms in total. The fraction of sp³-hybridized carbons (Fsp3) is 0.500. The van der Waals surface area contributed by atoms with Gasteiger partial charge in [-0.2, -0.15) is 0 Å². The Morgan fingerprint density at radius 1 is 1.50 bits per heavy atom. The largest absolute Gasteiger partial charge is 0.394 e. The van der Waals surface area contributed by atoms with Crippen LogP contribution in [0.15, 0.2) is 22.7 Å². The lowest BCUT2D eigenvalue weighted by atomic mass is 9.91. The molecule has 4 heteroatoms. The maximum atomic E-state index is 13.7. The monoisotopic (exact) mass is 289 g/mol. The highest BCUT2D eigenvalue weighted by molar-refractivity contribution is 9.10. The topological polar surface area (TPSA) is 32.3 Å². The minimum absolute atomic E-state index is 0.154. The Kier molecular flexibility index (Phi) is 4.47. The van der Waals surface area contributed by atoms with Crippen LogP contribution in [0.3, 0.4) is 0 Å². The summed E-state index contributed by atoms with van der Waals surface area (Å²) in [5, 5.41) is 12.6. The number of benzene rings is 1. The van der Waals surface area contributed by atoms with Crippen molar-refractivity contribution < 1.29 is 9.50 Å². The summed E-state index contributed by atoms with van der Waals surface area (Å²) in [6.45, 7) is 5.56. The zero-order valence-electron chi connectivity index (χ0n) is 9.72. The lowest BCUT2D eigenvalue weighted by molar-refractivity contribution is 0.162. The summed E-state index contributed by atoms with van der Waals surface area (Å²) >= 11 is 3.31. The van der Waals surface area contributed by atoms with Gasteiger partial charge in [0.2, 0.25) is 0 Å². The number of nitrogens with one attached hydrogen (secondary N) is 1. The molecule has 0 aliphatic carbocycles. The lowest BCUT2D eigenvalue weighted by Crippen LogP contribution is -2.47. The molecule has 0 aliphatic heterocycles. The summed E-state index contributed by atoms with van der Waals surface area (Å²) in [4.78, 5) is 0. The Morgan fingerprint density at radius 3 is 2.62 bits per heavy atom. The van der Waals surface area contributed by atoms with Crippen molar-refractivity contribution in [1.82, 2.24) is 5.32 Å². The second-order valence-electron chi connectivity index (χ2n) is 4.41. The SMILES string of the molecule is CC(C)NC(C)(CO)c1cc(Br)ccc1F. The molecule has 1 aromatic carbocycles. The molecule has 0 amide bonds. The third kappa shape index (κ3) is 3.03. The molecule has 1 unspecified atom stereocenters. The first-order chi connectivity index (χ1) is 7.39. The third-order valence-corrected chi connectivity index (χ3v) is 2.94. The molecule has 0 aliphatic rings. The molecule has 0 fully saturated rings. The molecule has 1 aromatic rings. The van der Waals surface area contributed by atoms with Crippen LogP contribution in [0.1, 0.15) is 26.3 Å². The first-order valence-corrected chi connectivity index (χ1v) is 6.02. The van der Waals surface area contributed by atoms with Gasteiger partial charge >= 0.3 is 0 Å². The Balaban J connectivity index is 3.16. The van der Waals surface area contributed by atoms with Crippen LogP contribution in [-0.2, 0) is 5.54 Å². The lowest BCUT2D eigenvalue weighted by Gasteiger charge is -2.32. The average molecular weight is 290 g/mol. The van der Waals surface area contributed by atoms with Gasteiger partial charge in [-0.1, -0.05) is 15.9 Å². The van der Waals surface area contributed by atoms with Gasteiger partial charge in [0.25, 0.3) is 0 Å². The first-order valence-electron chi connectivity index (χ1n) is 5.23. The molecule has 0 saturated carbocycles. The Labute approximate surface area is 104 Å². The zero-order chi connectivity index (χ0) is 12.3. The average Bonchev–Trinajstić information content (AvgIpc) is 2.20. The van der Waals surface area contributed by atoms with Gasteiger partial charge in [0.05, 0.1) is 12.1 Å². The number of aliphatic hydroxyl groups excluding tert-OH is 1. The summed E-state index contributed by atoms with van der Waals surface area (Å²) < 4.78 is 14.5. The summed E-state index contributed by atoms with van der Waals surface area (Å²) in [6, 6.07) is 4.90. The second kappa shape index (κ2) is 5.25. The van der Waals surface area contributed by atoms with E-state index in [9.17, 15) is 9.50 Å². The normalized spacial score (nSPS) is 15.2. The first kappa shape index (κ1) is 13.6. The predicted molar refractivity (Wildman–Crippen MR) is 66.8 cm³/mol. The molecule has 2 N–H and O–H groups in total. The van der Waals surface area contributed by atoms with Crippen molar-refractivity contribution in [3.63, 3.8) is 0 Å². The standard InChI is InChI=1S/C12H17BrFNO/c1-8(2)15-12(3,7-16)10-6-9(13)4-5-11(10)14/h4-6,8,15-16H,7H2,1-3H3. The molecule has 0 spiro atoms. The van der Waals surface area contributed by atoms with Gasteiger partial charge in [-0.25, -0.2) is 4.39 Å². The van der Waals surface area contributed by atoms with Crippen LogP contribution in [0, 0.1) is 5.82 Å². The van der Waals surface area contributed by atoms with Crippen molar-refractivity contribution in [1.29, 1.82) is 0 Å². The van der Waals surface area contributed by atoms with Gasteiger partial charge in [0.15, 0.2) is 0 Å². The van der Waals surface area contributed by atoms with Crippen molar-refractivity contribution in [3.05, 3.63) is 34.1 Å². The minimum Gasteiger partial charge on any atom is -0.394 e. The van der Waals surface area contributed by atoms with E-state index in [0.717, 1.165) is 4.47 Å². The number of hydrogen-bond acceptors (Lipinski definition) is 2. The van der Waals surface area contributed by atoms with Crippen molar-refractivity contribution in [2.24, 2.45) is 0 Å². The maximum absolute atomic E-state index is 13.7. The molecule has 0 heterocycles. The van der Waals surface area contributed by atoms with E-state index in [1.54, 1.807) is 19.1 Å². The van der Waals surface area contributed by atoms with E-state index in [-0.39, 0.29) is 18.5 Å². The summed E-state index contributed by atoms with van der Waals surface area (Å²) in [6.07, 6.45) is 0. The van der Waals surface area contributed by atoms with Gasteiger partial charge < -0.3 is 10.4 Å². The molecule has 90 valence electrons. The van der Waals surface area contributed by atoms with Gasteiger partial charge in [-0.15, -0.1) is 0 Å². The molecule has 1 rings (SSSR count). The molecule has 1 atom stereocenters. The number of hydrogen-bond donors (Lipinski definition) is 2. The van der Waals surface area contributed by atoms with Crippen LogP contribution < -0.4 is 5.32 Å². The summed E-state index contributed by atoms with van der Waals surface area (Å²) in [7, 11) is 0. The minimum atomic E-state index is -0.762. The Morgan fingerprint density at radius 2 is 2.12 bits per heavy atom. The van der Waals surface area contributed by atoms with Crippen molar-refractivity contribution in [2.75, 3.05) is 6.61 Å². The van der Waals surface area contributed by atoms with Gasteiger partial charge in [-0.3, -0.25) is 0 Å². The molecule has 0 saturated heterocycles. The van der Waals surface area contributed by atoms with Crippen LogP contribution in [0.25, 0.3) is 0 Å². The highest BCUT2D eigenvalue weighted by Crippen LogP contribution is 2.26. The summed E-state index contributed by atoms with van der Waals surface area (Å²) in [5.74, 6) is -0.312. The van der Waals surface area contributed by atoms with E-state index < -0.39 is 5.54 Å². The molecular formula is C12H17BrFNO. The number of halogens is 2. The van der Waals surface area contributed by atoms with E-state index in [1.165, 1.54) is 6.07 Å². The van der Waals surface area contributed by atoms with Crippen LogP contribution >= 0.6 is 15.9 Å². The maximum Gasteiger partial charge on any atom is 0.128 e. The molecule has 0 radical (unpaired) electrons. The van der Waals surface area contributed by atoms with E-state index in [4.69, 9.17) is 0 Å².